The molecule has 0 aliphatic carbocycles. The first-order valence-electron chi connectivity index (χ1n) is 8.62. The highest BCUT2D eigenvalue weighted by molar-refractivity contribution is 8.00. The number of ether oxygens (including phenoxy) is 1. The van der Waals surface area contributed by atoms with Crippen LogP contribution in [0.2, 0.25) is 0 Å². The number of rotatable bonds is 7. The first-order chi connectivity index (χ1) is 11.2. The largest absolute Gasteiger partial charge is 0.378 e. The molecular formula is C16H29N3O3S. The van der Waals surface area contributed by atoms with Crippen molar-refractivity contribution in [3.05, 3.63) is 0 Å². The molecule has 0 unspecified atom stereocenters. The number of morpholine rings is 1. The van der Waals surface area contributed by atoms with E-state index in [0.717, 1.165) is 39.0 Å². The van der Waals surface area contributed by atoms with Crippen molar-refractivity contribution in [1.82, 2.24) is 15.1 Å². The van der Waals surface area contributed by atoms with Crippen molar-refractivity contribution in [3.8, 4) is 0 Å². The highest BCUT2D eigenvalue weighted by atomic mass is 32.2. The number of carbonyl (C=O) groups is 2. The van der Waals surface area contributed by atoms with Gasteiger partial charge in [0.25, 0.3) is 0 Å². The monoisotopic (exact) mass is 343 g/mol. The summed E-state index contributed by atoms with van der Waals surface area (Å²) in [7, 11) is 0. The van der Waals surface area contributed by atoms with E-state index < -0.39 is 0 Å². The van der Waals surface area contributed by atoms with Gasteiger partial charge >= 0.3 is 0 Å². The van der Waals surface area contributed by atoms with E-state index in [1.165, 1.54) is 11.8 Å². The summed E-state index contributed by atoms with van der Waals surface area (Å²) >= 11 is 1.44. The second-order valence-electron chi connectivity index (χ2n) is 6.12. The fraction of sp³-hybridized carbons (Fsp3) is 0.875. The number of hydrogen-bond donors (Lipinski definition) is 1. The van der Waals surface area contributed by atoms with Gasteiger partial charge in [0.05, 0.1) is 24.7 Å². The predicted molar refractivity (Wildman–Crippen MR) is 92.6 cm³/mol. The number of amides is 2. The second-order valence-corrected chi connectivity index (χ2v) is 7.10. The SMILES string of the molecule is CCNCC1CCN(C(=O)CSCC(=O)N2CCOCC2)CC1. The van der Waals surface area contributed by atoms with Crippen LogP contribution in [0.1, 0.15) is 19.8 Å². The van der Waals surface area contributed by atoms with E-state index in [-0.39, 0.29) is 11.8 Å². The normalized spacial score (nSPS) is 19.9. The lowest BCUT2D eigenvalue weighted by Crippen LogP contribution is -2.43. The van der Waals surface area contributed by atoms with Crippen LogP contribution in [-0.2, 0) is 14.3 Å². The standard InChI is InChI=1S/C16H29N3O3S/c1-2-17-11-14-3-5-18(6-4-14)15(20)12-23-13-16(21)19-7-9-22-10-8-19/h14,17H,2-13H2,1H3. The van der Waals surface area contributed by atoms with Gasteiger partial charge in [-0.1, -0.05) is 6.92 Å². The van der Waals surface area contributed by atoms with Crippen LogP contribution in [0.4, 0.5) is 0 Å². The molecule has 1 N–H and O–H groups in total. The summed E-state index contributed by atoms with van der Waals surface area (Å²) in [6.45, 7) is 8.48. The molecule has 0 aromatic carbocycles. The zero-order chi connectivity index (χ0) is 16.5. The minimum atomic E-state index is 0.121. The number of nitrogens with one attached hydrogen (secondary N) is 1. The van der Waals surface area contributed by atoms with E-state index in [9.17, 15) is 9.59 Å². The van der Waals surface area contributed by atoms with Crippen LogP contribution in [0, 0.1) is 5.92 Å². The summed E-state index contributed by atoms with van der Waals surface area (Å²) < 4.78 is 5.24. The summed E-state index contributed by atoms with van der Waals surface area (Å²) in [5.74, 6) is 1.79. The third-order valence-corrected chi connectivity index (χ3v) is 5.37. The summed E-state index contributed by atoms with van der Waals surface area (Å²) in [5.41, 5.74) is 0. The molecule has 2 amide bonds. The Labute approximate surface area is 143 Å². The fourth-order valence-electron chi connectivity index (χ4n) is 2.96. The smallest absolute Gasteiger partial charge is 0.232 e. The maximum Gasteiger partial charge on any atom is 0.232 e. The molecule has 0 radical (unpaired) electrons. The Morgan fingerprint density at radius 1 is 1.04 bits per heavy atom. The van der Waals surface area contributed by atoms with E-state index in [1.54, 1.807) is 0 Å². The van der Waals surface area contributed by atoms with Gasteiger partial charge < -0.3 is 19.9 Å². The van der Waals surface area contributed by atoms with Gasteiger partial charge in [-0.2, -0.15) is 0 Å². The van der Waals surface area contributed by atoms with E-state index in [1.807, 2.05) is 9.80 Å². The Bertz CT molecular complexity index is 381. The number of nitrogens with zero attached hydrogens (tertiary/aromatic N) is 2. The first kappa shape index (κ1) is 18.5. The Balaban J connectivity index is 1.59. The molecule has 132 valence electrons. The van der Waals surface area contributed by atoms with Crippen LogP contribution in [0.3, 0.4) is 0 Å². The molecule has 2 saturated heterocycles. The van der Waals surface area contributed by atoms with Crippen LogP contribution < -0.4 is 5.32 Å². The van der Waals surface area contributed by atoms with Gasteiger partial charge in [-0.05, 0) is 31.8 Å². The molecule has 6 nitrogen and oxygen atoms in total. The van der Waals surface area contributed by atoms with Gasteiger partial charge in [-0.3, -0.25) is 9.59 Å². The molecule has 7 heteroatoms. The van der Waals surface area contributed by atoms with Gasteiger partial charge in [-0.25, -0.2) is 0 Å². The molecule has 2 heterocycles. The third-order valence-electron chi connectivity index (χ3n) is 4.47. The summed E-state index contributed by atoms with van der Waals surface area (Å²) in [5, 5.41) is 3.38. The van der Waals surface area contributed by atoms with Crippen molar-refractivity contribution in [2.75, 3.05) is 64.0 Å². The Morgan fingerprint density at radius 2 is 1.61 bits per heavy atom. The highest BCUT2D eigenvalue weighted by Crippen LogP contribution is 2.17. The van der Waals surface area contributed by atoms with Crippen molar-refractivity contribution in [2.24, 2.45) is 5.92 Å². The fourth-order valence-corrected chi connectivity index (χ4v) is 3.77. The molecule has 23 heavy (non-hydrogen) atoms. The van der Waals surface area contributed by atoms with Crippen LogP contribution in [0.25, 0.3) is 0 Å². The number of thioether (sulfide) groups is 1. The van der Waals surface area contributed by atoms with Gasteiger partial charge in [0.2, 0.25) is 11.8 Å². The Kier molecular flexibility index (Phi) is 8.19. The zero-order valence-electron chi connectivity index (χ0n) is 14.1. The number of likely N-dealkylation sites (tertiary alicyclic amines) is 1. The minimum absolute atomic E-state index is 0.121. The molecule has 2 aliphatic rings. The van der Waals surface area contributed by atoms with Gasteiger partial charge in [0.1, 0.15) is 0 Å². The van der Waals surface area contributed by atoms with E-state index in [2.05, 4.69) is 12.2 Å². The van der Waals surface area contributed by atoms with E-state index in [0.29, 0.717) is 43.7 Å². The van der Waals surface area contributed by atoms with Crippen LogP contribution in [0.15, 0.2) is 0 Å². The lowest BCUT2D eigenvalue weighted by atomic mass is 9.97. The van der Waals surface area contributed by atoms with Crippen molar-refractivity contribution >= 4 is 23.6 Å². The lowest BCUT2D eigenvalue weighted by molar-refractivity contribution is -0.132. The van der Waals surface area contributed by atoms with Crippen LogP contribution in [0.5, 0.6) is 0 Å². The topological polar surface area (TPSA) is 61.9 Å². The van der Waals surface area contributed by atoms with Crippen molar-refractivity contribution in [1.29, 1.82) is 0 Å². The molecule has 2 aliphatic heterocycles. The average Bonchev–Trinajstić information content (AvgIpc) is 2.61. The van der Waals surface area contributed by atoms with E-state index >= 15 is 0 Å². The van der Waals surface area contributed by atoms with Crippen molar-refractivity contribution in [2.45, 2.75) is 19.8 Å². The van der Waals surface area contributed by atoms with Gasteiger partial charge in [-0.15, -0.1) is 11.8 Å². The zero-order valence-corrected chi connectivity index (χ0v) is 14.9. The minimum Gasteiger partial charge on any atom is -0.378 e. The third kappa shape index (κ3) is 6.31. The maximum atomic E-state index is 12.2. The second kappa shape index (κ2) is 10.2. The number of piperidine rings is 1. The predicted octanol–water partition coefficient (Wildman–Crippen LogP) is 0.427. The molecule has 0 aromatic rings. The molecule has 0 bridgehead atoms. The molecule has 2 fully saturated rings. The molecular weight excluding hydrogens is 314 g/mol. The summed E-state index contributed by atoms with van der Waals surface area (Å²) in [6.07, 6.45) is 2.16. The van der Waals surface area contributed by atoms with Crippen molar-refractivity contribution < 1.29 is 14.3 Å². The van der Waals surface area contributed by atoms with Crippen LogP contribution in [-0.4, -0.2) is 85.6 Å². The van der Waals surface area contributed by atoms with Gasteiger partial charge in [0, 0.05) is 26.2 Å². The van der Waals surface area contributed by atoms with Crippen LogP contribution >= 0.6 is 11.8 Å². The number of hydrogen-bond acceptors (Lipinski definition) is 5. The summed E-state index contributed by atoms with van der Waals surface area (Å²) in [6, 6.07) is 0. The van der Waals surface area contributed by atoms with Gasteiger partial charge in [0.15, 0.2) is 0 Å². The molecule has 2 rings (SSSR count). The Hall–Kier alpha value is -0.790. The molecule has 0 saturated carbocycles. The summed E-state index contributed by atoms with van der Waals surface area (Å²) in [4.78, 5) is 28.0. The highest BCUT2D eigenvalue weighted by Gasteiger charge is 2.23. The number of carbonyl (C=O) groups excluding carboxylic acids is 2. The van der Waals surface area contributed by atoms with E-state index in [4.69, 9.17) is 4.74 Å². The molecule has 0 atom stereocenters. The maximum absolute atomic E-state index is 12.2. The quantitative estimate of drug-likeness (QED) is 0.726. The molecule has 0 aromatic heterocycles. The average molecular weight is 343 g/mol. The molecule has 0 spiro atoms. The first-order valence-corrected chi connectivity index (χ1v) is 9.78. The van der Waals surface area contributed by atoms with Crippen molar-refractivity contribution in [3.63, 3.8) is 0 Å². The Morgan fingerprint density at radius 3 is 2.17 bits per heavy atom. The lowest BCUT2D eigenvalue weighted by Gasteiger charge is -2.32.